The van der Waals surface area contributed by atoms with Gasteiger partial charge >= 0.3 is 0 Å². The van der Waals surface area contributed by atoms with Gasteiger partial charge < -0.3 is 4.74 Å². The lowest BCUT2D eigenvalue weighted by Gasteiger charge is -2.02. The highest BCUT2D eigenvalue weighted by atomic mass is 32.1. The molecule has 0 aliphatic rings. The number of hydrogen-bond acceptors (Lipinski definition) is 5. The molecule has 0 atom stereocenters. The van der Waals surface area contributed by atoms with Crippen molar-refractivity contribution in [2.45, 2.75) is 33.1 Å². The Kier molecular flexibility index (Phi) is 5.75. The van der Waals surface area contributed by atoms with Gasteiger partial charge in [-0.05, 0) is 37.1 Å². The van der Waals surface area contributed by atoms with Crippen molar-refractivity contribution in [2.24, 2.45) is 5.10 Å². The number of benzene rings is 1. The summed E-state index contributed by atoms with van der Waals surface area (Å²) in [5.74, 6) is 0.851. The van der Waals surface area contributed by atoms with E-state index >= 15 is 0 Å². The predicted octanol–water partition coefficient (Wildman–Crippen LogP) is 4.80. The van der Waals surface area contributed by atoms with E-state index in [1.165, 1.54) is 5.71 Å². The molecule has 2 aromatic rings. The Labute approximate surface area is 129 Å². The molecule has 1 aromatic heterocycles. The third-order valence-electron chi connectivity index (χ3n) is 3.15. The molecule has 0 spiro atoms. The van der Waals surface area contributed by atoms with E-state index in [0.29, 0.717) is 0 Å². The Morgan fingerprint density at radius 3 is 2.67 bits per heavy atom. The Balaban J connectivity index is 2.06. The van der Waals surface area contributed by atoms with Gasteiger partial charge in [-0.1, -0.05) is 20.3 Å². The first kappa shape index (κ1) is 15.5. The van der Waals surface area contributed by atoms with Crippen LogP contribution in [-0.2, 0) is 0 Å². The number of nitrogens with one attached hydrogen (secondary N) is 1. The molecule has 21 heavy (non-hydrogen) atoms. The topological polar surface area (TPSA) is 46.5 Å². The SMILES string of the molecule is CCCC(CC)=NNc1nc(-c2ccc(OC)cc2)cs1. The highest BCUT2D eigenvalue weighted by Crippen LogP contribution is 2.26. The first-order valence-corrected chi connectivity index (χ1v) is 8.06. The molecule has 112 valence electrons. The Hall–Kier alpha value is -1.88. The lowest BCUT2D eigenvalue weighted by atomic mass is 10.2. The lowest BCUT2D eigenvalue weighted by Crippen LogP contribution is -2.00. The first-order chi connectivity index (χ1) is 10.3. The van der Waals surface area contributed by atoms with E-state index in [4.69, 9.17) is 4.74 Å². The summed E-state index contributed by atoms with van der Waals surface area (Å²) in [5.41, 5.74) is 6.27. The number of hydrazone groups is 1. The molecule has 0 aliphatic heterocycles. The van der Waals surface area contributed by atoms with Crippen LogP contribution in [-0.4, -0.2) is 17.8 Å². The number of aromatic nitrogens is 1. The van der Waals surface area contributed by atoms with Crippen LogP contribution in [0.3, 0.4) is 0 Å². The molecule has 0 saturated heterocycles. The van der Waals surface area contributed by atoms with E-state index in [0.717, 1.165) is 41.4 Å². The zero-order valence-corrected chi connectivity index (χ0v) is 13.5. The van der Waals surface area contributed by atoms with Crippen LogP contribution in [0.1, 0.15) is 33.1 Å². The molecule has 1 N–H and O–H groups in total. The summed E-state index contributed by atoms with van der Waals surface area (Å²) in [6, 6.07) is 7.90. The van der Waals surface area contributed by atoms with Gasteiger partial charge in [-0.25, -0.2) is 4.98 Å². The number of nitrogens with zero attached hydrogens (tertiary/aromatic N) is 2. The minimum Gasteiger partial charge on any atom is -0.497 e. The van der Waals surface area contributed by atoms with E-state index in [1.807, 2.05) is 29.6 Å². The van der Waals surface area contributed by atoms with Gasteiger partial charge in [0.05, 0.1) is 12.8 Å². The fourth-order valence-corrected chi connectivity index (χ4v) is 2.61. The molecule has 0 aliphatic carbocycles. The normalized spacial score (nSPS) is 11.5. The van der Waals surface area contributed by atoms with Crippen molar-refractivity contribution in [3.63, 3.8) is 0 Å². The third-order valence-corrected chi connectivity index (χ3v) is 3.89. The molecular formula is C16H21N3OS. The summed E-state index contributed by atoms with van der Waals surface area (Å²) in [6.07, 6.45) is 3.11. The van der Waals surface area contributed by atoms with Gasteiger partial charge in [0, 0.05) is 16.7 Å². The summed E-state index contributed by atoms with van der Waals surface area (Å²) < 4.78 is 5.16. The number of methoxy groups -OCH3 is 1. The smallest absolute Gasteiger partial charge is 0.203 e. The zero-order valence-electron chi connectivity index (χ0n) is 12.7. The second kappa shape index (κ2) is 7.78. The molecule has 1 aromatic carbocycles. The highest BCUT2D eigenvalue weighted by Gasteiger charge is 2.04. The van der Waals surface area contributed by atoms with E-state index in [-0.39, 0.29) is 0 Å². The molecule has 0 amide bonds. The lowest BCUT2D eigenvalue weighted by molar-refractivity contribution is 0.415. The quantitative estimate of drug-likeness (QED) is 0.590. The average molecular weight is 303 g/mol. The molecular weight excluding hydrogens is 282 g/mol. The second-order valence-electron chi connectivity index (χ2n) is 4.66. The maximum atomic E-state index is 5.16. The molecule has 0 unspecified atom stereocenters. The largest absolute Gasteiger partial charge is 0.497 e. The van der Waals surface area contributed by atoms with Gasteiger partial charge in [-0.2, -0.15) is 5.10 Å². The van der Waals surface area contributed by atoms with E-state index in [9.17, 15) is 0 Å². The number of rotatable bonds is 7. The number of anilines is 1. The Morgan fingerprint density at radius 2 is 2.05 bits per heavy atom. The maximum absolute atomic E-state index is 5.16. The zero-order chi connectivity index (χ0) is 15.1. The van der Waals surface area contributed by atoms with Gasteiger partial charge in [-0.15, -0.1) is 11.3 Å². The summed E-state index contributed by atoms with van der Waals surface area (Å²) in [5, 5.41) is 7.29. The fourth-order valence-electron chi connectivity index (χ4n) is 1.95. The molecule has 4 nitrogen and oxygen atoms in total. The van der Waals surface area contributed by atoms with Crippen LogP contribution in [0.25, 0.3) is 11.3 Å². The van der Waals surface area contributed by atoms with Crippen LogP contribution in [0.4, 0.5) is 5.13 Å². The monoisotopic (exact) mass is 303 g/mol. The maximum Gasteiger partial charge on any atom is 0.203 e. The van der Waals surface area contributed by atoms with Gasteiger partial charge in [0.15, 0.2) is 0 Å². The fraction of sp³-hybridized carbons (Fsp3) is 0.375. The molecule has 0 bridgehead atoms. The number of ether oxygens (including phenoxy) is 1. The third kappa shape index (κ3) is 4.29. The minimum atomic E-state index is 0.822. The van der Waals surface area contributed by atoms with Crippen molar-refractivity contribution in [1.82, 2.24) is 4.98 Å². The van der Waals surface area contributed by atoms with Crippen molar-refractivity contribution in [3.8, 4) is 17.0 Å². The van der Waals surface area contributed by atoms with Crippen molar-refractivity contribution in [1.29, 1.82) is 0 Å². The number of hydrogen-bond donors (Lipinski definition) is 1. The van der Waals surface area contributed by atoms with Crippen LogP contribution in [0.2, 0.25) is 0 Å². The van der Waals surface area contributed by atoms with Crippen LogP contribution in [0.15, 0.2) is 34.7 Å². The van der Waals surface area contributed by atoms with Crippen molar-refractivity contribution in [2.75, 3.05) is 12.5 Å². The molecule has 2 rings (SSSR count). The summed E-state index contributed by atoms with van der Waals surface area (Å²) in [7, 11) is 1.67. The summed E-state index contributed by atoms with van der Waals surface area (Å²) in [4.78, 5) is 4.56. The Morgan fingerprint density at radius 1 is 1.29 bits per heavy atom. The van der Waals surface area contributed by atoms with Gasteiger partial charge in [-0.3, -0.25) is 5.43 Å². The van der Waals surface area contributed by atoms with Gasteiger partial charge in [0.1, 0.15) is 5.75 Å². The van der Waals surface area contributed by atoms with Crippen LogP contribution < -0.4 is 10.2 Å². The van der Waals surface area contributed by atoms with Gasteiger partial charge in [0.2, 0.25) is 5.13 Å². The molecule has 0 saturated carbocycles. The van der Waals surface area contributed by atoms with Gasteiger partial charge in [0.25, 0.3) is 0 Å². The average Bonchev–Trinajstić information content (AvgIpc) is 3.00. The van der Waals surface area contributed by atoms with Crippen molar-refractivity contribution < 1.29 is 4.74 Å². The first-order valence-electron chi connectivity index (χ1n) is 7.18. The summed E-state index contributed by atoms with van der Waals surface area (Å²) in [6.45, 7) is 4.29. The summed E-state index contributed by atoms with van der Waals surface area (Å²) >= 11 is 1.56. The Bertz CT molecular complexity index is 590. The number of thiazole rings is 1. The molecule has 5 heteroatoms. The molecule has 1 heterocycles. The van der Waals surface area contributed by atoms with E-state index < -0.39 is 0 Å². The van der Waals surface area contributed by atoms with Crippen molar-refractivity contribution >= 4 is 22.2 Å². The second-order valence-corrected chi connectivity index (χ2v) is 5.52. The highest BCUT2D eigenvalue weighted by molar-refractivity contribution is 7.14. The molecule has 0 radical (unpaired) electrons. The van der Waals surface area contributed by atoms with E-state index in [2.05, 4.69) is 29.4 Å². The minimum absolute atomic E-state index is 0.822. The van der Waals surface area contributed by atoms with Crippen molar-refractivity contribution in [3.05, 3.63) is 29.6 Å². The van der Waals surface area contributed by atoms with Crippen LogP contribution in [0.5, 0.6) is 5.75 Å². The van der Waals surface area contributed by atoms with E-state index in [1.54, 1.807) is 18.4 Å². The standard InChI is InChI=1S/C16H21N3OS/c1-4-6-13(5-2)18-19-16-17-15(11-21-16)12-7-9-14(20-3)10-8-12/h7-11H,4-6H2,1-3H3,(H,17,19). The van der Waals surface area contributed by atoms with Crippen LogP contribution in [0, 0.1) is 0 Å². The van der Waals surface area contributed by atoms with Crippen LogP contribution >= 0.6 is 11.3 Å². The predicted molar refractivity (Wildman–Crippen MR) is 90.4 cm³/mol. The molecule has 0 fully saturated rings.